The Morgan fingerprint density at radius 1 is 0.711 bits per heavy atom. The van der Waals surface area contributed by atoms with Crippen molar-refractivity contribution in [1.29, 1.82) is 5.41 Å². The van der Waals surface area contributed by atoms with Crippen LogP contribution in [0.1, 0.15) is 39.3 Å². The number of benzene rings is 4. The molecule has 45 heavy (non-hydrogen) atoms. The topological polar surface area (TPSA) is 81.4 Å². The van der Waals surface area contributed by atoms with Crippen LogP contribution in [0.4, 0.5) is 4.39 Å². The summed E-state index contributed by atoms with van der Waals surface area (Å²) < 4.78 is 41.4. The van der Waals surface area contributed by atoms with E-state index < -0.39 is 7.60 Å². The summed E-state index contributed by atoms with van der Waals surface area (Å²) in [5, 5.41) is 5.40. The van der Waals surface area contributed by atoms with Crippen molar-refractivity contribution in [2.24, 2.45) is 0 Å². The predicted molar refractivity (Wildman–Crippen MR) is 181 cm³/mol. The van der Waals surface area contributed by atoms with Gasteiger partial charge in [-0.25, -0.2) is 14.6 Å². The maximum atomic E-state index is 14.0. The van der Waals surface area contributed by atoms with E-state index in [-0.39, 0.29) is 31.2 Å². The highest BCUT2D eigenvalue weighted by molar-refractivity contribution is 7.52. The van der Waals surface area contributed by atoms with Crippen molar-refractivity contribution in [3.05, 3.63) is 133 Å². The van der Waals surface area contributed by atoms with E-state index in [0.29, 0.717) is 0 Å². The minimum absolute atomic E-state index is 0.0571. The fraction of sp³-hybridized carbons (Fsp3) is 0.216. The van der Waals surface area contributed by atoms with Crippen LogP contribution in [0.15, 0.2) is 121 Å². The van der Waals surface area contributed by atoms with Crippen LogP contribution in [-0.2, 0) is 24.7 Å². The first-order valence-corrected chi connectivity index (χ1v) is 16.6. The van der Waals surface area contributed by atoms with Crippen molar-refractivity contribution in [2.45, 2.75) is 39.9 Å². The molecule has 1 heterocycles. The monoisotopic (exact) mass is 626 g/mol. The summed E-state index contributed by atoms with van der Waals surface area (Å²) >= 11 is 0. The Labute approximate surface area is 265 Å². The van der Waals surface area contributed by atoms with Crippen molar-refractivity contribution in [3.8, 4) is 33.5 Å². The van der Waals surface area contributed by atoms with Crippen molar-refractivity contribution in [3.63, 3.8) is 0 Å². The molecule has 0 bridgehead atoms. The minimum atomic E-state index is -3.47. The summed E-state index contributed by atoms with van der Waals surface area (Å²) in [5.41, 5.74) is 6.89. The first-order chi connectivity index (χ1) is 21.8. The number of nitrogens with zero attached hydrogens (tertiary/aromatic N) is 1. The molecular weight excluding hydrogens is 586 g/mol. The molecule has 8 heteroatoms. The molecule has 0 radical (unpaired) electrons. The molecule has 0 fully saturated rings. The Morgan fingerprint density at radius 3 is 1.51 bits per heavy atom. The zero-order valence-corrected chi connectivity index (χ0v) is 27.0. The van der Waals surface area contributed by atoms with Gasteiger partial charge in [0.15, 0.2) is 0 Å². The first kappa shape index (κ1) is 35.1. The second-order valence-electron chi connectivity index (χ2n) is 10.2. The number of hydrogen-bond acceptors (Lipinski definition) is 5. The van der Waals surface area contributed by atoms with Crippen LogP contribution in [-0.4, -0.2) is 23.9 Å². The number of isocyanates is 1. The molecule has 0 amide bonds. The molecule has 1 N–H and O–H groups in total. The molecule has 5 rings (SSSR count). The quantitative estimate of drug-likeness (QED) is 0.0950. The number of rotatable bonds is 10. The highest BCUT2D eigenvalue weighted by atomic mass is 31.2. The summed E-state index contributed by atoms with van der Waals surface area (Å²) in [6.07, 6.45) is 0.807. The Balaban J connectivity index is 0.000000533. The van der Waals surface area contributed by atoms with Crippen LogP contribution in [0.5, 0.6) is 0 Å². The van der Waals surface area contributed by atoms with E-state index in [0.717, 1.165) is 45.3 Å². The predicted octanol–water partition coefficient (Wildman–Crippen LogP) is 10.6. The van der Waals surface area contributed by atoms with Crippen LogP contribution in [0.2, 0.25) is 0 Å². The largest absolute Gasteiger partial charge is 0.350 e. The van der Waals surface area contributed by atoms with Crippen LogP contribution < -0.4 is 0 Å². The van der Waals surface area contributed by atoms with E-state index >= 15 is 0 Å². The van der Waals surface area contributed by atoms with Crippen LogP contribution in [0.3, 0.4) is 0 Å². The van der Waals surface area contributed by atoms with E-state index in [9.17, 15) is 8.96 Å². The maximum absolute atomic E-state index is 14.0. The summed E-state index contributed by atoms with van der Waals surface area (Å²) in [5.74, 6) is -0.214. The van der Waals surface area contributed by atoms with Gasteiger partial charge in [0.2, 0.25) is 6.08 Å². The van der Waals surface area contributed by atoms with Gasteiger partial charge in [-0.2, -0.15) is 0 Å². The average Bonchev–Trinajstić information content (AvgIpc) is 3.38. The van der Waals surface area contributed by atoms with Gasteiger partial charge in [-0.15, -0.1) is 0 Å². The van der Waals surface area contributed by atoms with Crippen LogP contribution in [0, 0.1) is 11.2 Å². The van der Waals surface area contributed by atoms with E-state index in [4.69, 9.17) is 19.3 Å². The third-order valence-electron chi connectivity index (χ3n) is 6.73. The van der Waals surface area contributed by atoms with Gasteiger partial charge in [0.05, 0.1) is 18.9 Å². The molecule has 0 aliphatic rings. The molecular formula is C37H40FN2O4P. The molecule has 0 saturated carbocycles. The molecule has 0 atom stereocenters. The summed E-state index contributed by atoms with van der Waals surface area (Å²) in [6.45, 7) is 8.45. The normalized spacial score (nSPS) is 10.7. The highest BCUT2D eigenvalue weighted by Crippen LogP contribution is 2.54. The van der Waals surface area contributed by atoms with Crippen molar-refractivity contribution in [1.82, 2.24) is 4.57 Å². The zero-order valence-electron chi connectivity index (χ0n) is 26.2. The van der Waals surface area contributed by atoms with Crippen molar-refractivity contribution >= 4 is 13.7 Å². The number of nitrogens with one attached hydrogen (secondary N) is 1. The van der Waals surface area contributed by atoms with Crippen LogP contribution >= 0.6 is 7.60 Å². The second-order valence-corrected chi connectivity index (χ2v) is 12.2. The second kappa shape index (κ2) is 17.8. The number of hydrogen-bond donors (Lipinski definition) is 1. The van der Waals surface area contributed by atoms with Gasteiger partial charge in [0.25, 0.3) is 0 Å². The summed E-state index contributed by atoms with van der Waals surface area (Å²) in [6, 6.07) is 38.9. The summed E-state index contributed by atoms with van der Waals surface area (Å²) in [4.78, 5) is 8.35. The lowest BCUT2D eigenvalue weighted by atomic mass is 9.91. The van der Waals surface area contributed by atoms with Gasteiger partial charge in [0.1, 0.15) is 12.1 Å². The lowest BCUT2D eigenvalue weighted by Crippen LogP contribution is -2.11. The van der Waals surface area contributed by atoms with E-state index in [1.807, 2.05) is 86.6 Å². The molecule has 6 nitrogen and oxygen atoms in total. The lowest BCUT2D eigenvalue weighted by molar-refractivity contribution is 0.214. The van der Waals surface area contributed by atoms with E-state index in [1.165, 1.54) is 12.1 Å². The molecule has 0 spiro atoms. The Bertz CT molecular complexity index is 1630. The lowest BCUT2D eigenvalue weighted by Gasteiger charge is -2.23. The number of halogens is 1. The molecule has 0 unspecified atom stereocenters. The van der Waals surface area contributed by atoms with Crippen molar-refractivity contribution in [2.75, 3.05) is 13.2 Å². The smallest absolute Gasteiger partial charge is 0.331 e. The fourth-order valence-corrected chi connectivity index (χ4v) is 6.81. The van der Waals surface area contributed by atoms with Gasteiger partial charge in [-0.1, -0.05) is 111 Å². The average molecular weight is 627 g/mol. The third-order valence-corrected chi connectivity index (χ3v) is 8.66. The van der Waals surface area contributed by atoms with Gasteiger partial charge in [-0.05, 0) is 60.7 Å². The highest BCUT2D eigenvalue weighted by Gasteiger charge is 2.33. The standard InChI is InChI=1S/C30H33FNO3P.C6H6.CHNO/c1-5-34-36(33,35-6-2)21-32-29(22(3)4)27(23-13-9-7-10-14-23)28(24-15-11-8-12-16-24)30(32)25-17-19-26(31)20-18-25;1-2-4-6-5-3-1;2-1-3/h7-20,22H,5-6,21H2,1-4H3;1-6H;2H. The molecule has 0 aliphatic carbocycles. The molecule has 0 aliphatic heterocycles. The maximum Gasteiger partial charge on any atom is 0.350 e. The molecule has 1 aromatic heterocycles. The van der Waals surface area contributed by atoms with E-state index in [2.05, 4.69) is 42.7 Å². The Morgan fingerprint density at radius 2 is 1.11 bits per heavy atom. The zero-order chi connectivity index (χ0) is 32.7. The van der Waals surface area contributed by atoms with E-state index in [1.54, 1.807) is 12.1 Å². The third kappa shape index (κ3) is 9.55. The van der Waals surface area contributed by atoms with Gasteiger partial charge < -0.3 is 13.6 Å². The number of carbonyl (C=O) groups excluding carboxylic acids is 1. The molecule has 0 saturated heterocycles. The van der Waals surface area contributed by atoms with Gasteiger partial charge >= 0.3 is 7.60 Å². The summed E-state index contributed by atoms with van der Waals surface area (Å²) in [7, 11) is -3.47. The Kier molecular flexibility index (Phi) is 13.9. The SMILES string of the molecule is CCOP(=O)(Cn1c(-c2ccc(F)cc2)c(-c2ccccc2)c(-c2ccccc2)c1C(C)C)OCC.N=C=O.c1ccccc1. The number of aromatic nitrogens is 1. The van der Waals surface area contributed by atoms with Gasteiger partial charge in [-0.3, -0.25) is 4.57 Å². The minimum Gasteiger partial charge on any atom is -0.331 e. The van der Waals surface area contributed by atoms with Crippen LogP contribution in [0.25, 0.3) is 33.5 Å². The first-order valence-electron chi connectivity index (χ1n) is 14.8. The fourth-order valence-electron chi connectivity index (χ4n) is 5.15. The molecule has 5 aromatic rings. The van der Waals surface area contributed by atoms with Gasteiger partial charge in [0, 0.05) is 16.8 Å². The Hall–Kier alpha value is -4.38. The molecule has 4 aromatic carbocycles. The molecule has 234 valence electrons. The van der Waals surface area contributed by atoms with Crippen molar-refractivity contribution < 1.29 is 22.8 Å².